The number of nitrogens with zero attached hydrogens (tertiary/aromatic N) is 1. The van der Waals surface area contributed by atoms with Crippen LogP contribution in [0.4, 0.5) is 5.69 Å². The van der Waals surface area contributed by atoms with Crippen molar-refractivity contribution in [3.05, 3.63) is 89.5 Å². The highest BCUT2D eigenvalue weighted by Gasteiger charge is 2.30. The van der Waals surface area contributed by atoms with Crippen LogP contribution in [0.15, 0.2) is 77.7 Å². The van der Waals surface area contributed by atoms with Crippen LogP contribution in [0.1, 0.15) is 23.6 Å². The van der Waals surface area contributed by atoms with Crippen LogP contribution >= 0.6 is 0 Å². The summed E-state index contributed by atoms with van der Waals surface area (Å²) in [7, 11) is -2.68. The van der Waals surface area contributed by atoms with E-state index in [0.29, 0.717) is 12.3 Å². The monoisotopic (exact) mass is 510 g/mol. The predicted octanol–water partition coefficient (Wildman–Crippen LogP) is 3.94. The molecule has 0 aliphatic carbocycles. The van der Waals surface area contributed by atoms with E-state index in [1.54, 1.807) is 62.4 Å². The highest BCUT2D eigenvalue weighted by molar-refractivity contribution is 7.89. The van der Waals surface area contributed by atoms with Gasteiger partial charge in [0.15, 0.2) is 0 Å². The summed E-state index contributed by atoms with van der Waals surface area (Å²) in [6, 6.07) is 20.7. The molecule has 3 aromatic rings. The van der Waals surface area contributed by atoms with Crippen LogP contribution in [0.5, 0.6) is 5.75 Å². The number of amides is 1. The Bertz CT molecular complexity index is 1290. The molecule has 1 N–H and O–H groups in total. The zero-order valence-corrected chi connectivity index (χ0v) is 21.4. The van der Waals surface area contributed by atoms with Gasteiger partial charge in [-0.2, -0.15) is 4.31 Å². The van der Waals surface area contributed by atoms with E-state index in [9.17, 15) is 18.0 Å². The van der Waals surface area contributed by atoms with Crippen LogP contribution in [0.25, 0.3) is 0 Å². The lowest BCUT2D eigenvalue weighted by Gasteiger charge is -2.23. The van der Waals surface area contributed by atoms with Crippen molar-refractivity contribution >= 4 is 27.6 Å². The van der Waals surface area contributed by atoms with Crippen molar-refractivity contribution in [2.24, 2.45) is 0 Å². The van der Waals surface area contributed by atoms with E-state index in [4.69, 9.17) is 9.47 Å². The average Bonchev–Trinajstić information content (AvgIpc) is 2.85. The maximum Gasteiger partial charge on any atom is 0.310 e. The van der Waals surface area contributed by atoms with Gasteiger partial charge in [0.2, 0.25) is 15.9 Å². The molecule has 9 heteroatoms. The molecule has 0 radical (unpaired) electrons. The third kappa shape index (κ3) is 7.16. The molecule has 0 aromatic heterocycles. The highest BCUT2D eigenvalue weighted by Crippen LogP contribution is 2.29. The van der Waals surface area contributed by atoms with Crippen LogP contribution in [-0.4, -0.2) is 44.9 Å². The average molecular weight is 511 g/mol. The Kier molecular flexibility index (Phi) is 9.21. The molecule has 0 fully saturated rings. The van der Waals surface area contributed by atoms with Gasteiger partial charge in [-0.15, -0.1) is 0 Å². The number of methoxy groups -OCH3 is 1. The fourth-order valence-corrected chi connectivity index (χ4v) is 5.21. The first-order chi connectivity index (χ1) is 17.2. The van der Waals surface area contributed by atoms with Crippen molar-refractivity contribution in [3.63, 3.8) is 0 Å². The van der Waals surface area contributed by atoms with E-state index >= 15 is 0 Å². The molecule has 0 aliphatic rings. The van der Waals surface area contributed by atoms with Gasteiger partial charge >= 0.3 is 5.97 Å². The Labute approximate surface area is 211 Å². The summed E-state index contributed by atoms with van der Waals surface area (Å²) in [4.78, 5) is 24.6. The van der Waals surface area contributed by atoms with Crippen LogP contribution < -0.4 is 10.1 Å². The number of aryl methyl sites for hydroxylation is 1. The van der Waals surface area contributed by atoms with Crippen LogP contribution in [0.3, 0.4) is 0 Å². The summed E-state index contributed by atoms with van der Waals surface area (Å²) < 4.78 is 38.7. The molecule has 0 heterocycles. The topological polar surface area (TPSA) is 102 Å². The molecule has 0 unspecified atom stereocenters. The predicted molar refractivity (Wildman–Crippen MR) is 137 cm³/mol. The lowest BCUT2D eigenvalue weighted by Crippen LogP contribution is -2.37. The second-order valence-electron chi connectivity index (χ2n) is 8.14. The number of rotatable bonds is 11. The molecule has 0 saturated heterocycles. The van der Waals surface area contributed by atoms with Gasteiger partial charge in [-0.1, -0.05) is 48.5 Å². The minimum Gasteiger partial charge on any atom is -0.495 e. The molecule has 0 aliphatic heterocycles. The Balaban J connectivity index is 1.81. The summed E-state index contributed by atoms with van der Waals surface area (Å²) in [6.07, 6.45) is 0.128. The van der Waals surface area contributed by atoms with Gasteiger partial charge in [-0.3, -0.25) is 9.59 Å². The summed E-state index contributed by atoms with van der Waals surface area (Å²) >= 11 is 0. The number of sulfonamides is 1. The molecule has 36 heavy (non-hydrogen) atoms. The minimum atomic E-state index is -4.08. The van der Waals surface area contributed by atoms with Crippen molar-refractivity contribution < 1.29 is 27.5 Å². The summed E-state index contributed by atoms with van der Waals surface area (Å²) in [6.45, 7) is 3.44. The van der Waals surface area contributed by atoms with Crippen molar-refractivity contribution in [3.8, 4) is 5.75 Å². The first-order valence-electron chi connectivity index (χ1n) is 11.5. The Hall–Kier alpha value is -3.69. The normalized spacial score (nSPS) is 11.2. The summed E-state index contributed by atoms with van der Waals surface area (Å²) in [5, 5.41) is 2.73. The Morgan fingerprint density at radius 3 is 2.28 bits per heavy atom. The number of carbonyl (C=O) groups excluding carboxylic acids is 2. The Morgan fingerprint density at radius 1 is 0.944 bits per heavy atom. The highest BCUT2D eigenvalue weighted by atomic mass is 32.2. The standard InChI is InChI=1S/C27H30N2O6S/c1-4-35-27(31)17-21-11-13-23(14-12-21)28-26(30)19-29(18-22-8-6-5-7-9-22)36(32,33)25-16-20(2)10-15-24(25)34-3/h5-16H,4,17-19H2,1-3H3,(H,28,30). The lowest BCUT2D eigenvalue weighted by molar-refractivity contribution is -0.142. The number of anilines is 1. The largest absolute Gasteiger partial charge is 0.495 e. The Morgan fingerprint density at radius 2 is 1.64 bits per heavy atom. The van der Waals surface area contributed by atoms with E-state index in [-0.39, 0.29) is 29.6 Å². The van der Waals surface area contributed by atoms with Crippen molar-refractivity contribution in [2.45, 2.75) is 31.7 Å². The fourth-order valence-electron chi connectivity index (χ4n) is 3.58. The van der Waals surface area contributed by atoms with Gasteiger partial charge in [-0.05, 0) is 54.8 Å². The van der Waals surface area contributed by atoms with Crippen molar-refractivity contribution in [2.75, 3.05) is 25.6 Å². The molecule has 1 amide bonds. The number of nitrogens with one attached hydrogen (secondary N) is 1. The number of benzene rings is 3. The van der Waals surface area contributed by atoms with Gasteiger partial charge in [-0.25, -0.2) is 8.42 Å². The van der Waals surface area contributed by atoms with E-state index in [2.05, 4.69) is 5.32 Å². The quantitative estimate of drug-likeness (QED) is 0.392. The van der Waals surface area contributed by atoms with Gasteiger partial charge in [0.25, 0.3) is 0 Å². The molecule has 0 atom stereocenters. The molecule has 0 bridgehead atoms. The van der Waals surface area contributed by atoms with Crippen LogP contribution in [-0.2, 0) is 37.3 Å². The zero-order valence-electron chi connectivity index (χ0n) is 20.6. The number of hydrogen-bond donors (Lipinski definition) is 1. The second-order valence-corrected chi connectivity index (χ2v) is 10.0. The van der Waals surface area contributed by atoms with E-state index in [1.807, 2.05) is 18.2 Å². The summed E-state index contributed by atoms with van der Waals surface area (Å²) in [5.74, 6) is -0.627. The molecule has 3 aromatic carbocycles. The second kappa shape index (κ2) is 12.3. The molecular weight excluding hydrogens is 480 g/mol. The van der Waals surface area contributed by atoms with Gasteiger partial charge in [0.1, 0.15) is 10.6 Å². The van der Waals surface area contributed by atoms with Gasteiger partial charge in [0, 0.05) is 12.2 Å². The maximum absolute atomic E-state index is 13.7. The van der Waals surface area contributed by atoms with Crippen molar-refractivity contribution in [1.82, 2.24) is 4.31 Å². The maximum atomic E-state index is 13.7. The van der Waals surface area contributed by atoms with Gasteiger partial charge < -0.3 is 14.8 Å². The molecule has 190 valence electrons. The van der Waals surface area contributed by atoms with E-state index < -0.39 is 22.5 Å². The molecule has 0 saturated carbocycles. The SMILES string of the molecule is CCOC(=O)Cc1ccc(NC(=O)CN(Cc2ccccc2)S(=O)(=O)c2cc(C)ccc2OC)cc1. The van der Waals surface area contributed by atoms with E-state index in [1.165, 1.54) is 13.2 Å². The summed E-state index contributed by atoms with van der Waals surface area (Å²) in [5.41, 5.74) is 2.72. The van der Waals surface area contributed by atoms with E-state index in [0.717, 1.165) is 21.0 Å². The first-order valence-corrected chi connectivity index (χ1v) is 12.9. The third-order valence-electron chi connectivity index (χ3n) is 5.35. The number of ether oxygens (including phenoxy) is 2. The number of esters is 1. The smallest absolute Gasteiger partial charge is 0.310 e. The van der Waals surface area contributed by atoms with Gasteiger partial charge in [0.05, 0.1) is 26.7 Å². The first kappa shape index (κ1) is 26.9. The zero-order chi connectivity index (χ0) is 26.1. The number of hydrogen-bond acceptors (Lipinski definition) is 6. The molecule has 8 nitrogen and oxygen atoms in total. The molecule has 0 spiro atoms. The molecule has 3 rings (SSSR count). The molecular formula is C27H30N2O6S. The third-order valence-corrected chi connectivity index (χ3v) is 7.16. The van der Waals surface area contributed by atoms with Crippen LogP contribution in [0, 0.1) is 6.92 Å². The van der Waals surface area contributed by atoms with Crippen LogP contribution in [0.2, 0.25) is 0 Å². The van der Waals surface area contributed by atoms with Crippen molar-refractivity contribution in [1.29, 1.82) is 0 Å². The lowest BCUT2D eigenvalue weighted by atomic mass is 10.1. The minimum absolute atomic E-state index is 0.00273. The fraction of sp³-hybridized carbons (Fsp3) is 0.259. The number of carbonyl (C=O) groups is 2.